The van der Waals surface area contributed by atoms with Crippen LogP contribution in [0.2, 0.25) is 0 Å². The number of fused-ring (bicyclic) bond motifs is 1. The van der Waals surface area contributed by atoms with Crippen molar-refractivity contribution in [1.29, 1.82) is 0 Å². The van der Waals surface area contributed by atoms with Gasteiger partial charge >= 0.3 is 0 Å². The Labute approximate surface area is 74.6 Å². The zero-order chi connectivity index (χ0) is 9.10. The first-order chi connectivity index (χ1) is 6.40. The van der Waals surface area contributed by atoms with Gasteiger partial charge in [-0.2, -0.15) is 4.91 Å². The quantitative estimate of drug-likeness (QED) is 0.651. The number of hydrogen-bond acceptors (Lipinski definition) is 4. The van der Waals surface area contributed by atoms with Gasteiger partial charge in [-0.15, -0.1) is 0 Å². The minimum atomic E-state index is 0.187. The molecule has 0 atom stereocenters. The molecule has 0 saturated heterocycles. The van der Waals surface area contributed by atoms with Crippen molar-refractivity contribution in [3.8, 4) is 0 Å². The monoisotopic (exact) mass is 173 g/mol. The Balaban J connectivity index is 2.55. The molecule has 2 rings (SSSR count). The van der Waals surface area contributed by atoms with E-state index in [0.717, 1.165) is 16.6 Å². The molecule has 0 bridgehead atoms. The minimum absolute atomic E-state index is 0.187. The summed E-state index contributed by atoms with van der Waals surface area (Å²) in [7, 11) is 0. The number of benzene rings is 1. The Bertz CT molecular complexity index is 442. The highest BCUT2D eigenvalue weighted by Crippen LogP contribution is 2.11. The van der Waals surface area contributed by atoms with E-state index in [2.05, 4.69) is 15.1 Å². The molecule has 1 aromatic heterocycles. The molecule has 0 radical (unpaired) electrons. The molecule has 0 N–H and O–H groups in total. The van der Waals surface area contributed by atoms with Crippen LogP contribution in [-0.4, -0.2) is 9.97 Å². The Hall–Kier alpha value is -1.84. The molecule has 0 saturated carbocycles. The molecule has 1 heterocycles. The molecule has 0 amide bonds. The van der Waals surface area contributed by atoms with Gasteiger partial charge in [-0.1, -0.05) is 11.2 Å². The lowest BCUT2D eigenvalue weighted by Gasteiger charge is -1.97. The van der Waals surface area contributed by atoms with Gasteiger partial charge in [0.15, 0.2) is 0 Å². The Kier molecular flexibility index (Phi) is 1.96. The lowest BCUT2D eigenvalue weighted by molar-refractivity contribution is 1.06. The van der Waals surface area contributed by atoms with Gasteiger partial charge in [0, 0.05) is 12.4 Å². The van der Waals surface area contributed by atoms with Crippen molar-refractivity contribution in [2.45, 2.75) is 6.54 Å². The van der Waals surface area contributed by atoms with Crippen LogP contribution in [0.5, 0.6) is 0 Å². The predicted octanol–water partition coefficient (Wildman–Crippen LogP) is 1.90. The molecule has 0 aliphatic carbocycles. The third kappa shape index (κ3) is 1.51. The molecule has 0 aliphatic rings. The minimum Gasteiger partial charge on any atom is -0.253 e. The second-order valence-electron chi connectivity index (χ2n) is 2.67. The van der Waals surface area contributed by atoms with Gasteiger partial charge < -0.3 is 0 Å². The van der Waals surface area contributed by atoms with E-state index in [0.29, 0.717) is 0 Å². The van der Waals surface area contributed by atoms with Crippen LogP contribution in [-0.2, 0) is 6.54 Å². The first kappa shape index (κ1) is 7.79. The maximum Gasteiger partial charge on any atom is 0.106 e. The third-order valence-electron chi connectivity index (χ3n) is 1.78. The zero-order valence-electron chi connectivity index (χ0n) is 6.84. The van der Waals surface area contributed by atoms with Gasteiger partial charge in [-0.05, 0) is 17.7 Å². The lowest BCUT2D eigenvalue weighted by Crippen LogP contribution is -1.85. The number of nitroso groups, excluding NO2 is 1. The first-order valence-electron chi connectivity index (χ1n) is 3.89. The van der Waals surface area contributed by atoms with Gasteiger partial charge in [0.2, 0.25) is 0 Å². The molecule has 4 heteroatoms. The smallest absolute Gasteiger partial charge is 0.106 e. The van der Waals surface area contributed by atoms with Crippen molar-refractivity contribution < 1.29 is 0 Å². The average molecular weight is 173 g/mol. The summed E-state index contributed by atoms with van der Waals surface area (Å²) in [6.07, 6.45) is 3.26. The summed E-state index contributed by atoms with van der Waals surface area (Å²) in [6.45, 7) is 0.187. The van der Waals surface area contributed by atoms with Crippen molar-refractivity contribution in [1.82, 2.24) is 9.97 Å². The van der Waals surface area contributed by atoms with Gasteiger partial charge in [0.25, 0.3) is 0 Å². The van der Waals surface area contributed by atoms with Gasteiger partial charge in [0.1, 0.15) is 6.54 Å². The molecular formula is C9H7N3O. The normalized spacial score (nSPS) is 10.2. The highest BCUT2D eigenvalue weighted by atomic mass is 16.3. The van der Waals surface area contributed by atoms with Crippen LogP contribution < -0.4 is 0 Å². The van der Waals surface area contributed by atoms with Crippen molar-refractivity contribution in [3.63, 3.8) is 0 Å². The molecule has 1 aromatic carbocycles. The molecule has 4 nitrogen and oxygen atoms in total. The summed E-state index contributed by atoms with van der Waals surface area (Å²) in [6, 6.07) is 5.49. The van der Waals surface area contributed by atoms with E-state index < -0.39 is 0 Å². The van der Waals surface area contributed by atoms with Crippen LogP contribution in [0.3, 0.4) is 0 Å². The summed E-state index contributed by atoms with van der Waals surface area (Å²) >= 11 is 0. The van der Waals surface area contributed by atoms with Gasteiger partial charge in [-0.25, -0.2) is 0 Å². The number of aromatic nitrogens is 2. The second kappa shape index (κ2) is 3.26. The molecule has 2 aromatic rings. The summed E-state index contributed by atoms with van der Waals surface area (Å²) in [5, 5.41) is 2.81. The fraction of sp³-hybridized carbons (Fsp3) is 0.111. The maximum absolute atomic E-state index is 10.0. The van der Waals surface area contributed by atoms with Crippen LogP contribution in [0.15, 0.2) is 35.8 Å². The van der Waals surface area contributed by atoms with E-state index in [9.17, 15) is 4.91 Å². The number of nitrogens with zero attached hydrogens (tertiary/aromatic N) is 3. The van der Waals surface area contributed by atoms with E-state index >= 15 is 0 Å². The molecule has 0 fully saturated rings. The summed E-state index contributed by atoms with van der Waals surface area (Å²) in [4.78, 5) is 18.3. The summed E-state index contributed by atoms with van der Waals surface area (Å²) in [5.41, 5.74) is 2.49. The molecule has 13 heavy (non-hydrogen) atoms. The average Bonchev–Trinajstić information content (AvgIpc) is 2.18. The first-order valence-corrected chi connectivity index (χ1v) is 3.89. The zero-order valence-corrected chi connectivity index (χ0v) is 6.84. The highest BCUT2D eigenvalue weighted by Gasteiger charge is 1.96. The third-order valence-corrected chi connectivity index (χ3v) is 1.78. The lowest BCUT2D eigenvalue weighted by atomic mass is 10.2. The van der Waals surface area contributed by atoms with Crippen LogP contribution in [0.1, 0.15) is 5.56 Å². The number of rotatable bonds is 2. The van der Waals surface area contributed by atoms with Crippen LogP contribution in [0, 0.1) is 4.91 Å². The van der Waals surface area contributed by atoms with Gasteiger partial charge in [0.05, 0.1) is 11.0 Å². The highest BCUT2D eigenvalue weighted by molar-refractivity contribution is 5.74. The van der Waals surface area contributed by atoms with E-state index in [1.165, 1.54) is 0 Å². The molecule has 64 valence electrons. The molecule has 0 unspecified atom stereocenters. The fourth-order valence-electron chi connectivity index (χ4n) is 1.18. The second-order valence-corrected chi connectivity index (χ2v) is 2.67. The maximum atomic E-state index is 10.0. The fourth-order valence-corrected chi connectivity index (χ4v) is 1.18. The van der Waals surface area contributed by atoms with E-state index in [-0.39, 0.29) is 6.54 Å². The largest absolute Gasteiger partial charge is 0.253 e. The van der Waals surface area contributed by atoms with Crippen molar-refractivity contribution in [2.24, 2.45) is 5.18 Å². The summed E-state index contributed by atoms with van der Waals surface area (Å²) < 4.78 is 0. The van der Waals surface area contributed by atoms with Crippen LogP contribution in [0.25, 0.3) is 11.0 Å². The number of hydrogen-bond donors (Lipinski definition) is 0. The Morgan fingerprint density at radius 2 is 1.92 bits per heavy atom. The molecule has 0 spiro atoms. The van der Waals surface area contributed by atoms with Crippen LogP contribution in [0.4, 0.5) is 0 Å². The van der Waals surface area contributed by atoms with E-state index in [1.54, 1.807) is 12.4 Å². The van der Waals surface area contributed by atoms with Crippen molar-refractivity contribution in [3.05, 3.63) is 41.1 Å². The Morgan fingerprint density at radius 3 is 2.69 bits per heavy atom. The molecule has 0 aliphatic heterocycles. The van der Waals surface area contributed by atoms with Crippen LogP contribution >= 0.6 is 0 Å². The topological polar surface area (TPSA) is 55.2 Å². The SMILES string of the molecule is O=NCc1ccc2nccnc2c1. The van der Waals surface area contributed by atoms with E-state index in [4.69, 9.17) is 0 Å². The predicted molar refractivity (Wildman–Crippen MR) is 49.0 cm³/mol. The standard InChI is InChI=1S/C9H7N3O/c13-12-6-7-1-2-8-9(5-7)11-4-3-10-8/h1-5H,6H2. The van der Waals surface area contributed by atoms with Crippen molar-refractivity contribution in [2.75, 3.05) is 0 Å². The molecular weight excluding hydrogens is 166 g/mol. The van der Waals surface area contributed by atoms with Gasteiger partial charge in [-0.3, -0.25) is 9.97 Å². The van der Waals surface area contributed by atoms with Crippen molar-refractivity contribution >= 4 is 11.0 Å². The Morgan fingerprint density at radius 1 is 1.15 bits per heavy atom. The van der Waals surface area contributed by atoms with E-state index in [1.807, 2.05) is 18.2 Å². The summed E-state index contributed by atoms with van der Waals surface area (Å²) in [5.74, 6) is 0.